The largest absolute Gasteiger partial charge is 0.493 e. The van der Waals surface area contributed by atoms with Gasteiger partial charge in [0, 0.05) is 18.3 Å². The van der Waals surface area contributed by atoms with E-state index in [0.29, 0.717) is 35.5 Å². The maximum absolute atomic E-state index is 13.8. The molecule has 28 heavy (non-hydrogen) atoms. The lowest BCUT2D eigenvalue weighted by Gasteiger charge is -2.11. The van der Waals surface area contributed by atoms with Crippen LogP contribution in [0.1, 0.15) is 11.3 Å². The molecule has 0 saturated heterocycles. The van der Waals surface area contributed by atoms with Gasteiger partial charge in [-0.3, -0.25) is 0 Å². The van der Waals surface area contributed by atoms with Crippen LogP contribution in [-0.4, -0.2) is 30.7 Å². The van der Waals surface area contributed by atoms with Gasteiger partial charge in [-0.15, -0.1) is 0 Å². The molecule has 146 valence electrons. The zero-order chi connectivity index (χ0) is 19.9. The first-order valence-corrected chi connectivity index (χ1v) is 8.91. The van der Waals surface area contributed by atoms with Crippen LogP contribution >= 0.6 is 0 Å². The Labute approximate surface area is 163 Å². The third-order valence-corrected chi connectivity index (χ3v) is 4.14. The van der Waals surface area contributed by atoms with Crippen LogP contribution in [0.4, 0.5) is 21.8 Å². The number of halogens is 1. The number of rotatable bonds is 8. The van der Waals surface area contributed by atoms with Gasteiger partial charge in [0.15, 0.2) is 11.5 Å². The molecule has 0 radical (unpaired) electrons. The van der Waals surface area contributed by atoms with Crippen molar-refractivity contribution >= 4 is 17.5 Å². The summed E-state index contributed by atoms with van der Waals surface area (Å²) in [7, 11) is 3.23. The van der Waals surface area contributed by atoms with E-state index in [1.54, 1.807) is 38.5 Å². The second-order valence-corrected chi connectivity index (χ2v) is 6.19. The van der Waals surface area contributed by atoms with Crippen molar-refractivity contribution in [3.63, 3.8) is 0 Å². The van der Waals surface area contributed by atoms with E-state index in [-0.39, 0.29) is 5.82 Å². The van der Waals surface area contributed by atoms with Gasteiger partial charge in [-0.1, -0.05) is 18.2 Å². The van der Waals surface area contributed by atoms with E-state index in [1.165, 1.54) is 6.07 Å². The minimum Gasteiger partial charge on any atom is -0.493 e. The Bertz CT molecular complexity index is 949. The molecule has 7 heteroatoms. The van der Waals surface area contributed by atoms with E-state index in [9.17, 15) is 4.39 Å². The number of nitrogens with zero attached hydrogens (tertiary/aromatic N) is 2. The summed E-state index contributed by atoms with van der Waals surface area (Å²) < 4.78 is 24.4. The molecular weight excluding hydrogens is 359 g/mol. The van der Waals surface area contributed by atoms with Crippen molar-refractivity contribution in [2.24, 2.45) is 0 Å². The number of anilines is 3. The van der Waals surface area contributed by atoms with Gasteiger partial charge in [-0.2, -0.15) is 4.98 Å². The molecular formula is C21H23FN4O2. The van der Waals surface area contributed by atoms with E-state index in [2.05, 4.69) is 20.6 Å². The molecule has 0 amide bonds. The Kier molecular flexibility index (Phi) is 6.26. The Morgan fingerprint density at radius 3 is 2.50 bits per heavy atom. The lowest BCUT2D eigenvalue weighted by atomic mass is 10.1. The van der Waals surface area contributed by atoms with Gasteiger partial charge in [0.2, 0.25) is 5.95 Å². The van der Waals surface area contributed by atoms with E-state index in [1.807, 2.05) is 25.1 Å². The Morgan fingerprint density at radius 2 is 1.75 bits per heavy atom. The summed E-state index contributed by atoms with van der Waals surface area (Å²) in [6, 6.07) is 14.1. The Balaban J connectivity index is 1.65. The minimum atomic E-state index is -0.332. The van der Waals surface area contributed by atoms with Crippen LogP contribution in [0.15, 0.2) is 48.5 Å². The number of hydrogen-bond donors (Lipinski definition) is 2. The maximum Gasteiger partial charge on any atom is 0.224 e. The fourth-order valence-electron chi connectivity index (χ4n) is 2.77. The molecule has 0 bridgehead atoms. The van der Waals surface area contributed by atoms with Crippen LogP contribution in [0.2, 0.25) is 0 Å². The van der Waals surface area contributed by atoms with Crippen molar-refractivity contribution in [1.29, 1.82) is 0 Å². The van der Waals surface area contributed by atoms with Gasteiger partial charge in [0.25, 0.3) is 0 Å². The van der Waals surface area contributed by atoms with E-state index < -0.39 is 0 Å². The van der Waals surface area contributed by atoms with Crippen molar-refractivity contribution in [3.05, 3.63) is 65.6 Å². The molecule has 0 fully saturated rings. The van der Waals surface area contributed by atoms with Gasteiger partial charge in [-0.05, 0) is 43.2 Å². The summed E-state index contributed by atoms with van der Waals surface area (Å²) in [5, 5.41) is 6.21. The average Bonchev–Trinajstić information content (AvgIpc) is 2.69. The summed E-state index contributed by atoms with van der Waals surface area (Å²) in [5.41, 5.74) is 2.25. The highest BCUT2D eigenvalue weighted by Gasteiger charge is 2.07. The highest BCUT2D eigenvalue weighted by atomic mass is 19.1. The van der Waals surface area contributed by atoms with Crippen LogP contribution in [0, 0.1) is 12.7 Å². The van der Waals surface area contributed by atoms with Crippen molar-refractivity contribution < 1.29 is 13.9 Å². The summed E-state index contributed by atoms with van der Waals surface area (Å²) in [5.74, 6) is 2.08. The molecule has 6 nitrogen and oxygen atoms in total. The van der Waals surface area contributed by atoms with Gasteiger partial charge >= 0.3 is 0 Å². The quantitative estimate of drug-likeness (QED) is 0.604. The second-order valence-electron chi connectivity index (χ2n) is 6.19. The van der Waals surface area contributed by atoms with Gasteiger partial charge in [0.05, 0.1) is 19.9 Å². The number of nitrogens with one attached hydrogen (secondary N) is 2. The monoisotopic (exact) mass is 382 g/mol. The predicted octanol–water partition coefficient (Wildman–Crippen LogP) is 4.34. The van der Waals surface area contributed by atoms with Crippen molar-refractivity contribution in [2.75, 3.05) is 31.4 Å². The van der Waals surface area contributed by atoms with Crippen LogP contribution in [0.25, 0.3) is 0 Å². The highest BCUT2D eigenvalue weighted by molar-refractivity contribution is 5.58. The molecule has 0 atom stereocenters. The summed E-state index contributed by atoms with van der Waals surface area (Å²) in [6.45, 7) is 2.51. The molecule has 0 unspecified atom stereocenters. The SMILES string of the molecule is COc1ccc(CCNc2nc(C)cc(Nc3ccccc3F)n2)cc1OC. The standard InChI is InChI=1S/C21H23FN4O2/c1-14-12-20(25-17-7-5-4-6-16(17)22)26-21(24-14)23-11-10-15-8-9-18(27-2)19(13-15)28-3/h4-9,12-13H,10-11H2,1-3H3,(H2,23,24,25,26). The lowest BCUT2D eigenvalue weighted by Crippen LogP contribution is -2.10. The Hall–Kier alpha value is -3.35. The number of aryl methyl sites for hydroxylation is 1. The molecule has 0 aliphatic carbocycles. The molecule has 0 aliphatic heterocycles. The molecule has 3 rings (SSSR count). The molecule has 2 aromatic carbocycles. The van der Waals surface area contributed by atoms with E-state index in [4.69, 9.17) is 9.47 Å². The molecule has 1 heterocycles. The number of ether oxygens (including phenoxy) is 2. The first-order chi connectivity index (χ1) is 13.6. The smallest absolute Gasteiger partial charge is 0.224 e. The van der Waals surface area contributed by atoms with Crippen molar-refractivity contribution in [2.45, 2.75) is 13.3 Å². The van der Waals surface area contributed by atoms with Crippen LogP contribution in [0.5, 0.6) is 11.5 Å². The molecule has 2 N–H and O–H groups in total. The Morgan fingerprint density at radius 1 is 0.964 bits per heavy atom. The lowest BCUT2D eigenvalue weighted by molar-refractivity contribution is 0.354. The van der Waals surface area contributed by atoms with Crippen LogP contribution < -0.4 is 20.1 Å². The molecule has 0 saturated carbocycles. The zero-order valence-corrected chi connectivity index (χ0v) is 16.1. The average molecular weight is 382 g/mol. The first-order valence-electron chi connectivity index (χ1n) is 8.91. The topological polar surface area (TPSA) is 68.3 Å². The maximum atomic E-state index is 13.8. The summed E-state index contributed by atoms with van der Waals surface area (Å²) >= 11 is 0. The number of methoxy groups -OCH3 is 2. The van der Waals surface area contributed by atoms with Gasteiger partial charge in [0.1, 0.15) is 11.6 Å². The normalized spacial score (nSPS) is 10.4. The van der Waals surface area contributed by atoms with E-state index in [0.717, 1.165) is 17.7 Å². The highest BCUT2D eigenvalue weighted by Crippen LogP contribution is 2.27. The number of hydrogen-bond acceptors (Lipinski definition) is 6. The third kappa shape index (κ3) is 4.88. The summed E-state index contributed by atoms with van der Waals surface area (Å²) in [4.78, 5) is 8.81. The fraction of sp³-hybridized carbons (Fsp3) is 0.238. The van der Waals surface area contributed by atoms with Gasteiger partial charge < -0.3 is 20.1 Å². The predicted molar refractivity (Wildman–Crippen MR) is 108 cm³/mol. The van der Waals surface area contributed by atoms with Crippen molar-refractivity contribution in [1.82, 2.24) is 9.97 Å². The molecule has 0 spiro atoms. The summed E-state index contributed by atoms with van der Waals surface area (Å²) in [6.07, 6.45) is 0.758. The first kappa shape index (κ1) is 19.4. The van der Waals surface area contributed by atoms with Crippen LogP contribution in [0.3, 0.4) is 0 Å². The minimum absolute atomic E-state index is 0.332. The molecule has 3 aromatic rings. The van der Waals surface area contributed by atoms with Gasteiger partial charge in [-0.25, -0.2) is 9.37 Å². The number of benzene rings is 2. The zero-order valence-electron chi connectivity index (χ0n) is 16.1. The second kappa shape index (κ2) is 9.03. The third-order valence-electron chi connectivity index (χ3n) is 4.14. The van der Waals surface area contributed by atoms with Crippen LogP contribution in [-0.2, 0) is 6.42 Å². The molecule has 1 aromatic heterocycles. The van der Waals surface area contributed by atoms with E-state index >= 15 is 0 Å². The molecule has 0 aliphatic rings. The van der Waals surface area contributed by atoms with Crippen molar-refractivity contribution in [3.8, 4) is 11.5 Å². The number of aromatic nitrogens is 2. The number of para-hydroxylation sites is 1. The fourth-order valence-corrected chi connectivity index (χ4v) is 2.77.